The van der Waals surface area contributed by atoms with Crippen LogP contribution in [0.15, 0.2) is 39.9 Å². The topological polar surface area (TPSA) is 58.2 Å². The third-order valence-electron chi connectivity index (χ3n) is 3.16. The molecule has 1 heterocycles. The smallest absolute Gasteiger partial charge is 0.262 e. The average Bonchev–Trinajstić information content (AvgIpc) is 2.89. The van der Waals surface area contributed by atoms with Crippen molar-refractivity contribution in [1.29, 1.82) is 0 Å². The molecule has 1 aromatic carbocycles. The van der Waals surface area contributed by atoms with E-state index >= 15 is 0 Å². The summed E-state index contributed by atoms with van der Waals surface area (Å²) in [6.45, 7) is 6.63. The maximum Gasteiger partial charge on any atom is 0.262 e. The first-order valence-corrected chi connectivity index (χ1v) is 9.19. The lowest BCUT2D eigenvalue weighted by Gasteiger charge is -2.14. The SMILES string of the molecule is Cc1c(CNC(C)C)cccc1S(=O)(=O)Nc1ccsc1. The molecule has 0 spiro atoms. The minimum Gasteiger partial charge on any atom is -0.310 e. The van der Waals surface area contributed by atoms with Gasteiger partial charge in [-0.05, 0) is 35.6 Å². The van der Waals surface area contributed by atoms with Crippen LogP contribution >= 0.6 is 11.3 Å². The predicted octanol–water partition coefficient (Wildman–Crippen LogP) is 3.36. The molecule has 0 amide bonds. The summed E-state index contributed by atoms with van der Waals surface area (Å²) in [4.78, 5) is 0.330. The van der Waals surface area contributed by atoms with Crippen LogP contribution in [0.5, 0.6) is 0 Å². The van der Waals surface area contributed by atoms with Crippen LogP contribution in [0.1, 0.15) is 25.0 Å². The summed E-state index contributed by atoms with van der Waals surface area (Å²) < 4.78 is 27.6. The van der Waals surface area contributed by atoms with E-state index in [2.05, 4.69) is 23.9 Å². The molecule has 4 nitrogen and oxygen atoms in total. The number of sulfonamides is 1. The van der Waals surface area contributed by atoms with Gasteiger partial charge in [-0.3, -0.25) is 4.72 Å². The van der Waals surface area contributed by atoms with Crippen LogP contribution in [-0.2, 0) is 16.6 Å². The molecule has 21 heavy (non-hydrogen) atoms. The Bertz CT molecular complexity index is 692. The van der Waals surface area contributed by atoms with Crippen LogP contribution in [0.2, 0.25) is 0 Å². The highest BCUT2D eigenvalue weighted by Gasteiger charge is 2.18. The summed E-state index contributed by atoms with van der Waals surface area (Å²) in [5, 5.41) is 6.93. The second-order valence-corrected chi connectivity index (χ2v) is 7.62. The van der Waals surface area contributed by atoms with Crippen LogP contribution in [0.25, 0.3) is 0 Å². The number of thiophene rings is 1. The van der Waals surface area contributed by atoms with Crippen molar-refractivity contribution in [2.75, 3.05) is 4.72 Å². The first-order valence-electron chi connectivity index (χ1n) is 6.77. The molecule has 0 aliphatic rings. The van der Waals surface area contributed by atoms with Crippen LogP contribution in [0.4, 0.5) is 5.69 Å². The zero-order chi connectivity index (χ0) is 15.5. The van der Waals surface area contributed by atoms with Crippen molar-refractivity contribution >= 4 is 27.0 Å². The van der Waals surface area contributed by atoms with E-state index in [0.29, 0.717) is 23.2 Å². The van der Waals surface area contributed by atoms with Crippen molar-refractivity contribution in [2.45, 2.75) is 38.3 Å². The fourth-order valence-electron chi connectivity index (χ4n) is 1.99. The van der Waals surface area contributed by atoms with Gasteiger partial charge < -0.3 is 5.32 Å². The van der Waals surface area contributed by atoms with E-state index in [4.69, 9.17) is 0 Å². The number of nitrogens with one attached hydrogen (secondary N) is 2. The molecule has 2 N–H and O–H groups in total. The van der Waals surface area contributed by atoms with Gasteiger partial charge in [-0.15, -0.1) is 0 Å². The highest BCUT2D eigenvalue weighted by atomic mass is 32.2. The summed E-state index contributed by atoms with van der Waals surface area (Å²) in [5.41, 5.74) is 2.38. The van der Waals surface area contributed by atoms with Crippen LogP contribution < -0.4 is 10.0 Å². The Hall–Kier alpha value is -1.37. The van der Waals surface area contributed by atoms with Crippen LogP contribution in [0.3, 0.4) is 0 Å². The van der Waals surface area contributed by atoms with Crippen molar-refractivity contribution in [2.24, 2.45) is 0 Å². The highest BCUT2D eigenvalue weighted by molar-refractivity contribution is 7.92. The van der Waals surface area contributed by atoms with Gasteiger partial charge in [0, 0.05) is 18.0 Å². The zero-order valence-electron chi connectivity index (χ0n) is 12.4. The van der Waals surface area contributed by atoms with Gasteiger partial charge in [0.15, 0.2) is 0 Å². The molecule has 0 aliphatic heterocycles. The van der Waals surface area contributed by atoms with E-state index < -0.39 is 10.0 Å². The number of anilines is 1. The van der Waals surface area contributed by atoms with Crippen molar-refractivity contribution in [1.82, 2.24) is 5.32 Å². The fourth-order valence-corrected chi connectivity index (χ4v) is 3.99. The first-order chi connectivity index (χ1) is 9.90. The lowest BCUT2D eigenvalue weighted by molar-refractivity contribution is 0.585. The number of hydrogen-bond donors (Lipinski definition) is 2. The van der Waals surface area contributed by atoms with Gasteiger partial charge in [0.1, 0.15) is 0 Å². The first kappa shape index (κ1) is 16.0. The Balaban J connectivity index is 2.28. The normalized spacial score (nSPS) is 11.8. The molecular formula is C15H20N2O2S2. The second kappa shape index (κ2) is 6.60. The van der Waals surface area contributed by atoms with Crippen LogP contribution in [0, 0.1) is 6.92 Å². The second-order valence-electron chi connectivity index (χ2n) is 5.19. The van der Waals surface area contributed by atoms with Crippen molar-refractivity contribution in [3.05, 3.63) is 46.2 Å². The number of hydrogen-bond acceptors (Lipinski definition) is 4. The summed E-state index contributed by atoms with van der Waals surface area (Å²) in [6, 6.07) is 7.49. The number of benzene rings is 1. The lowest BCUT2D eigenvalue weighted by Crippen LogP contribution is -2.23. The standard InChI is InChI=1S/C15H20N2O2S2/c1-11(2)16-9-13-5-4-6-15(12(13)3)21(18,19)17-14-7-8-20-10-14/h4-8,10-11,16-17H,9H2,1-3H3. The molecule has 114 valence electrons. The van der Waals surface area contributed by atoms with Gasteiger partial charge in [-0.25, -0.2) is 8.42 Å². The van der Waals surface area contributed by atoms with Crippen molar-refractivity contribution in [3.63, 3.8) is 0 Å². The van der Waals surface area contributed by atoms with E-state index in [9.17, 15) is 8.42 Å². The Morgan fingerprint density at radius 1 is 1.24 bits per heavy atom. The van der Waals surface area contributed by atoms with E-state index in [1.807, 2.05) is 18.4 Å². The molecule has 0 saturated carbocycles. The van der Waals surface area contributed by atoms with Gasteiger partial charge in [-0.1, -0.05) is 26.0 Å². The Morgan fingerprint density at radius 2 is 2.00 bits per heavy atom. The van der Waals surface area contributed by atoms with E-state index in [1.165, 1.54) is 11.3 Å². The largest absolute Gasteiger partial charge is 0.310 e. The predicted molar refractivity (Wildman–Crippen MR) is 88.3 cm³/mol. The monoisotopic (exact) mass is 324 g/mol. The van der Waals surface area contributed by atoms with E-state index in [-0.39, 0.29) is 0 Å². The van der Waals surface area contributed by atoms with Gasteiger partial charge in [0.2, 0.25) is 0 Å². The number of rotatable bonds is 6. The Kier molecular flexibility index (Phi) is 5.03. The van der Waals surface area contributed by atoms with Gasteiger partial charge in [0.05, 0.1) is 10.6 Å². The molecule has 1 aromatic heterocycles. The minimum absolute atomic E-state index is 0.330. The van der Waals surface area contributed by atoms with Gasteiger partial charge in [-0.2, -0.15) is 11.3 Å². The van der Waals surface area contributed by atoms with Crippen LogP contribution in [-0.4, -0.2) is 14.5 Å². The molecule has 0 aliphatic carbocycles. The summed E-state index contributed by atoms with van der Waals surface area (Å²) in [6.07, 6.45) is 0. The molecule has 2 aromatic rings. The van der Waals surface area contributed by atoms with Gasteiger partial charge >= 0.3 is 0 Å². The Labute approximate surface area is 130 Å². The van der Waals surface area contributed by atoms with Crippen molar-refractivity contribution < 1.29 is 8.42 Å². The maximum atomic E-state index is 12.5. The molecule has 0 bridgehead atoms. The molecule has 2 rings (SSSR count). The molecule has 0 fully saturated rings. The fraction of sp³-hybridized carbons (Fsp3) is 0.333. The molecule has 0 unspecified atom stereocenters. The molecule has 0 radical (unpaired) electrons. The highest BCUT2D eigenvalue weighted by Crippen LogP contribution is 2.23. The molecule has 6 heteroatoms. The third-order valence-corrected chi connectivity index (χ3v) is 5.37. The quantitative estimate of drug-likeness (QED) is 0.856. The van der Waals surface area contributed by atoms with E-state index in [1.54, 1.807) is 23.6 Å². The summed E-state index contributed by atoms with van der Waals surface area (Å²) in [7, 11) is -3.55. The lowest BCUT2D eigenvalue weighted by atomic mass is 10.1. The molecule has 0 saturated heterocycles. The molecular weight excluding hydrogens is 304 g/mol. The van der Waals surface area contributed by atoms with Gasteiger partial charge in [0.25, 0.3) is 10.0 Å². The Morgan fingerprint density at radius 3 is 2.62 bits per heavy atom. The zero-order valence-corrected chi connectivity index (χ0v) is 14.0. The third kappa shape index (κ3) is 4.06. The summed E-state index contributed by atoms with van der Waals surface area (Å²) >= 11 is 1.46. The van der Waals surface area contributed by atoms with Crippen molar-refractivity contribution in [3.8, 4) is 0 Å². The minimum atomic E-state index is -3.55. The summed E-state index contributed by atoms with van der Waals surface area (Å²) in [5.74, 6) is 0. The maximum absolute atomic E-state index is 12.5. The average molecular weight is 324 g/mol. The van der Waals surface area contributed by atoms with E-state index in [0.717, 1.165) is 11.1 Å². The molecule has 0 atom stereocenters.